The lowest BCUT2D eigenvalue weighted by Crippen LogP contribution is -2.23. The summed E-state index contributed by atoms with van der Waals surface area (Å²) in [4.78, 5) is 4.37. The second kappa shape index (κ2) is 6.12. The molecule has 0 aliphatic heterocycles. The molecule has 3 heteroatoms. The SMILES string of the molecule is CC(N[C@H](C)c1ccccn1)c1ccc(Br)cc1. The quantitative estimate of drug-likeness (QED) is 0.913. The van der Waals surface area contributed by atoms with Crippen LogP contribution in [0.15, 0.2) is 53.1 Å². The standard InChI is InChI=1S/C15H17BrN2/c1-11(13-6-8-14(16)9-7-13)18-12(2)15-5-3-4-10-17-15/h3-12,18H,1-2H3/t11?,12-/m1/s1. The predicted octanol–water partition coefficient (Wildman–Crippen LogP) is 4.26. The van der Waals surface area contributed by atoms with E-state index in [1.165, 1.54) is 5.56 Å². The van der Waals surface area contributed by atoms with Crippen molar-refractivity contribution >= 4 is 15.9 Å². The van der Waals surface area contributed by atoms with Crippen LogP contribution >= 0.6 is 15.9 Å². The van der Waals surface area contributed by atoms with Crippen LogP contribution in [0, 0.1) is 0 Å². The van der Waals surface area contributed by atoms with E-state index in [4.69, 9.17) is 0 Å². The van der Waals surface area contributed by atoms with E-state index in [1.807, 2.05) is 24.4 Å². The highest BCUT2D eigenvalue weighted by molar-refractivity contribution is 9.10. The molecule has 0 saturated heterocycles. The van der Waals surface area contributed by atoms with Gasteiger partial charge in [0.2, 0.25) is 0 Å². The number of nitrogens with zero attached hydrogens (tertiary/aromatic N) is 1. The Morgan fingerprint density at radius 3 is 2.33 bits per heavy atom. The first kappa shape index (κ1) is 13.2. The monoisotopic (exact) mass is 304 g/mol. The van der Waals surface area contributed by atoms with Gasteiger partial charge < -0.3 is 5.32 Å². The lowest BCUT2D eigenvalue weighted by Gasteiger charge is -2.20. The summed E-state index contributed by atoms with van der Waals surface area (Å²) in [6.07, 6.45) is 1.83. The molecule has 0 bridgehead atoms. The molecule has 1 N–H and O–H groups in total. The summed E-state index contributed by atoms with van der Waals surface area (Å²) in [6.45, 7) is 4.31. The summed E-state index contributed by atoms with van der Waals surface area (Å²) in [6, 6.07) is 14.9. The molecule has 18 heavy (non-hydrogen) atoms. The lowest BCUT2D eigenvalue weighted by atomic mass is 10.1. The molecule has 1 unspecified atom stereocenters. The molecule has 2 aromatic rings. The Morgan fingerprint density at radius 2 is 1.72 bits per heavy atom. The number of rotatable bonds is 4. The van der Waals surface area contributed by atoms with Gasteiger partial charge in [0, 0.05) is 22.8 Å². The fourth-order valence-electron chi connectivity index (χ4n) is 1.94. The highest BCUT2D eigenvalue weighted by Crippen LogP contribution is 2.19. The maximum Gasteiger partial charge on any atom is 0.0570 e. The van der Waals surface area contributed by atoms with Crippen molar-refractivity contribution in [2.24, 2.45) is 0 Å². The summed E-state index contributed by atoms with van der Waals surface area (Å²) < 4.78 is 1.11. The number of benzene rings is 1. The number of hydrogen-bond donors (Lipinski definition) is 1. The van der Waals surface area contributed by atoms with Gasteiger partial charge in [-0.3, -0.25) is 4.98 Å². The molecule has 0 saturated carbocycles. The maximum atomic E-state index is 4.37. The molecule has 2 nitrogen and oxygen atoms in total. The molecule has 0 spiro atoms. The minimum Gasteiger partial charge on any atom is -0.302 e. The number of nitrogens with one attached hydrogen (secondary N) is 1. The van der Waals surface area contributed by atoms with Crippen molar-refractivity contribution in [1.82, 2.24) is 10.3 Å². The summed E-state index contributed by atoms with van der Waals surface area (Å²) in [5.74, 6) is 0. The first-order valence-electron chi connectivity index (χ1n) is 6.09. The molecule has 0 amide bonds. The largest absolute Gasteiger partial charge is 0.302 e. The first-order valence-corrected chi connectivity index (χ1v) is 6.88. The summed E-state index contributed by atoms with van der Waals surface area (Å²) in [5, 5.41) is 3.55. The van der Waals surface area contributed by atoms with Crippen molar-refractivity contribution in [3.8, 4) is 0 Å². The molecule has 94 valence electrons. The van der Waals surface area contributed by atoms with Gasteiger partial charge in [-0.05, 0) is 43.7 Å². The van der Waals surface area contributed by atoms with Crippen LogP contribution in [0.2, 0.25) is 0 Å². The van der Waals surface area contributed by atoms with Gasteiger partial charge in [0.05, 0.1) is 5.69 Å². The van der Waals surface area contributed by atoms with E-state index in [0.717, 1.165) is 10.2 Å². The van der Waals surface area contributed by atoms with Crippen LogP contribution in [0.3, 0.4) is 0 Å². The second-order valence-corrected chi connectivity index (χ2v) is 5.33. The fourth-order valence-corrected chi connectivity index (χ4v) is 2.20. The van der Waals surface area contributed by atoms with Gasteiger partial charge in [-0.2, -0.15) is 0 Å². The third-order valence-electron chi connectivity index (χ3n) is 3.00. The molecule has 1 aromatic carbocycles. The van der Waals surface area contributed by atoms with Crippen molar-refractivity contribution in [2.75, 3.05) is 0 Å². The molecule has 2 rings (SSSR count). The average Bonchev–Trinajstić information content (AvgIpc) is 2.40. The summed E-state index contributed by atoms with van der Waals surface area (Å²) >= 11 is 3.45. The van der Waals surface area contributed by atoms with Gasteiger partial charge >= 0.3 is 0 Å². The zero-order valence-electron chi connectivity index (χ0n) is 10.6. The highest BCUT2D eigenvalue weighted by Gasteiger charge is 2.11. The highest BCUT2D eigenvalue weighted by atomic mass is 79.9. The van der Waals surface area contributed by atoms with Crippen molar-refractivity contribution < 1.29 is 0 Å². The van der Waals surface area contributed by atoms with Crippen LogP contribution in [0.5, 0.6) is 0 Å². The smallest absolute Gasteiger partial charge is 0.0570 e. The molecular formula is C15H17BrN2. The minimum absolute atomic E-state index is 0.241. The van der Waals surface area contributed by atoms with Crippen molar-refractivity contribution in [3.63, 3.8) is 0 Å². The molecule has 0 aliphatic carbocycles. The third-order valence-corrected chi connectivity index (χ3v) is 3.53. The van der Waals surface area contributed by atoms with E-state index in [1.54, 1.807) is 0 Å². The predicted molar refractivity (Wildman–Crippen MR) is 78.3 cm³/mol. The van der Waals surface area contributed by atoms with E-state index in [0.29, 0.717) is 6.04 Å². The van der Waals surface area contributed by atoms with Crippen LogP contribution in [0.1, 0.15) is 37.2 Å². The van der Waals surface area contributed by atoms with E-state index in [9.17, 15) is 0 Å². The molecule has 0 fully saturated rings. The number of hydrogen-bond acceptors (Lipinski definition) is 2. The molecule has 0 radical (unpaired) electrons. The topological polar surface area (TPSA) is 24.9 Å². The van der Waals surface area contributed by atoms with Crippen LogP contribution < -0.4 is 5.32 Å². The normalized spacial score (nSPS) is 14.2. The van der Waals surface area contributed by atoms with E-state index in [-0.39, 0.29) is 6.04 Å². The van der Waals surface area contributed by atoms with Gasteiger partial charge in [0.1, 0.15) is 0 Å². The van der Waals surface area contributed by atoms with E-state index in [2.05, 4.69) is 64.3 Å². The Balaban J connectivity index is 2.03. The number of halogens is 1. The number of aromatic nitrogens is 1. The maximum absolute atomic E-state index is 4.37. The number of pyridine rings is 1. The van der Waals surface area contributed by atoms with Gasteiger partial charge in [-0.25, -0.2) is 0 Å². The Kier molecular flexibility index (Phi) is 4.50. The first-order chi connectivity index (χ1) is 8.66. The van der Waals surface area contributed by atoms with Crippen molar-refractivity contribution in [1.29, 1.82) is 0 Å². The molecule has 1 heterocycles. The second-order valence-electron chi connectivity index (χ2n) is 4.42. The van der Waals surface area contributed by atoms with Gasteiger partial charge in [0.15, 0.2) is 0 Å². The van der Waals surface area contributed by atoms with Crippen LogP contribution in [0.4, 0.5) is 0 Å². The summed E-state index contributed by atoms with van der Waals surface area (Å²) in [7, 11) is 0. The molecule has 2 atom stereocenters. The molecule has 1 aromatic heterocycles. The Morgan fingerprint density at radius 1 is 1.00 bits per heavy atom. The average molecular weight is 305 g/mol. The van der Waals surface area contributed by atoms with Crippen LogP contribution in [-0.2, 0) is 0 Å². The van der Waals surface area contributed by atoms with Gasteiger partial charge in [-0.1, -0.05) is 34.1 Å². The molecular weight excluding hydrogens is 288 g/mol. The fraction of sp³-hybridized carbons (Fsp3) is 0.267. The van der Waals surface area contributed by atoms with Crippen molar-refractivity contribution in [3.05, 3.63) is 64.4 Å². The van der Waals surface area contributed by atoms with Crippen molar-refractivity contribution in [2.45, 2.75) is 25.9 Å². The lowest BCUT2D eigenvalue weighted by molar-refractivity contribution is 0.486. The molecule has 0 aliphatic rings. The minimum atomic E-state index is 0.241. The van der Waals surface area contributed by atoms with E-state index >= 15 is 0 Å². The Hall–Kier alpha value is -1.19. The zero-order chi connectivity index (χ0) is 13.0. The Bertz CT molecular complexity index is 482. The zero-order valence-corrected chi connectivity index (χ0v) is 12.2. The van der Waals surface area contributed by atoms with Crippen LogP contribution in [0.25, 0.3) is 0 Å². The van der Waals surface area contributed by atoms with Gasteiger partial charge in [-0.15, -0.1) is 0 Å². The van der Waals surface area contributed by atoms with Gasteiger partial charge in [0.25, 0.3) is 0 Å². The third kappa shape index (κ3) is 3.40. The van der Waals surface area contributed by atoms with Crippen LogP contribution in [-0.4, -0.2) is 4.98 Å². The Labute approximate surface area is 117 Å². The van der Waals surface area contributed by atoms with E-state index < -0.39 is 0 Å². The summed E-state index contributed by atoms with van der Waals surface area (Å²) in [5.41, 5.74) is 2.35.